The molecule has 2 amide bonds. The summed E-state index contributed by atoms with van der Waals surface area (Å²) in [6.45, 7) is 7.60. The number of carbonyl (C=O) groups excluding carboxylic acids is 2. The second-order valence-corrected chi connectivity index (χ2v) is 9.19. The van der Waals surface area contributed by atoms with E-state index in [1.807, 2.05) is 39.0 Å². The summed E-state index contributed by atoms with van der Waals surface area (Å²) in [6.07, 6.45) is 0.0492. The molecule has 0 radical (unpaired) electrons. The number of hydrogen-bond acceptors (Lipinski definition) is 2. The number of nitrogens with zero attached hydrogens (tertiary/aromatic N) is 1. The molecular formula is C22H25Cl3N2O2. The van der Waals surface area contributed by atoms with Crippen LogP contribution < -0.4 is 5.32 Å². The lowest BCUT2D eigenvalue weighted by Crippen LogP contribution is -2.52. The number of hydrogen-bond donors (Lipinski definition) is 1. The molecule has 0 bridgehead atoms. The maximum Gasteiger partial charge on any atom is 0.242 e. The summed E-state index contributed by atoms with van der Waals surface area (Å²) < 4.78 is 0. The molecule has 7 heteroatoms. The van der Waals surface area contributed by atoms with Crippen LogP contribution in [0.25, 0.3) is 0 Å². The Balaban J connectivity index is 2.31. The Morgan fingerprint density at radius 3 is 2.24 bits per heavy atom. The van der Waals surface area contributed by atoms with Crippen molar-refractivity contribution in [1.29, 1.82) is 0 Å². The van der Waals surface area contributed by atoms with Gasteiger partial charge in [0.05, 0.1) is 6.42 Å². The maximum atomic E-state index is 13.2. The molecule has 4 nitrogen and oxygen atoms in total. The van der Waals surface area contributed by atoms with Crippen molar-refractivity contribution in [2.75, 3.05) is 0 Å². The summed E-state index contributed by atoms with van der Waals surface area (Å²) in [6, 6.07) is 11.6. The SMILES string of the molecule is C[C@@H](C(=O)NC(C)(C)C)N(Cc1ccccc1Cl)C(=O)Cc1ccc(Cl)cc1Cl. The van der Waals surface area contributed by atoms with Crippen molar-refractivity contribution in [2.45, 2.75) is 52.2 Å². The Bertz CT molecular complexity index is 894. The molecule has 29 heavy (non-hydrogen) atoms. The van der Waals surface area contributed by atoms with Crippen molar-refractivity contribution in [3.8, 4) is 0 Å². The predicted molar refractivity (Wildman–Crippen MR) is 120 cm³/mol. The van der Waals surface area contributed by atoms with Gasteiger partial charge in [0.25, 0.3) is 0 Å². The number of halogens is 3. The molecule has 0 spiro atoms. The quantitative estimate of drug-likeness (QED) is 0.623. The largest absolute Gasteiger partial charge is 0.350 e. The minimum atomic E-state index is -0.691. The molecule has 1 N–H and O–H groups in total. The Labute approximate surface area is 187 Å². The highest BCUT2D eigenvalue weighted by Crippen LogP contribution is 2.24. The molecule has 0 heterocycles. The van der Waals surface area contributed by atoms with Crippen LogP contribution in [-0.2, 0) is 22.6 Å². The fourth-order valence-corrected chi connectivity index (χ4v) is 3.47. The molecule has 2 rings (SSSR count). The molecule has 156 valence electrons. The van der Waals surface area contributed by atoms with Crippen LogP contribution in [-0.4, -0.2) is 28.3 Å². The van der Waals surface area contributed by atoms with Crippen LogP contribution >= 0.6 is 34.8 Å². The Hall–Kier alpha value is -1.75. The van der Waals surface area contributed by atoms with Crippen LogP contribution in [0.3, 0.4) is 0 Å². The molecule has 0 fully saturated rings. The van der Waals surface area contributed by atoms with Crippen LogP contribution in [0.1, 0.15) is 38.8 Å². The Kier molecular flexibility index (Phi) is 7.98. The Morgan fingerprint density at radius 2 is 1.66 bits per heavy atom. The summed E-state index contributed by atoms with van der Waals surface area (Å²) in [5.74, 6) is -0.467. The van der Waals surface area contributed by atoms with E-state index in [1.165, 1.54) is 4.90 Å². The van der Waals surface area contributed by atoms with Gasteiger partial charge in [-0.25, -0.2) is 0 Å². The number of benzene rings is 2. The van der Waals surface area contributed by atoms with Gasteiger partial charge in [0, 0.05) is 27.2 Å². The zero-order chi connectivity index (χ0) is 21.8. The van der Waals surface area contributed by atoms with Crippen molar-refractivity contribution in [3.63, 3.8) is 0 Å². The first-order chi connectivity index (χ1) is 13.5. The molecule has 1 atom stereocenters. The molecule has 2 aromatic rings. The summed E-state index contributed by atoms with van der Waals surface area (Å²) in [7, 11) is 0. The number of rotatable bonds is 6. The van der Waals surface area contributed by atoms with Gasteiger partial charge in [0.2, 0.25) is 11.8 Å². The van der Waals surface area contributed by atoms with Crippen molar-refractivity contribution < 1.29 is 9.59 Å². The van der Waals surface area contributed by atoms with E-state index in [1.54, 1.807) is 31.2 Å². The molecule has 2 aromatic carbocycles. The fourth-order valence-electron chi connectivity index (χ4n) is 2.80. The smallest absolute Gasteiger partial charge is 0.242 e. The number of carbonyl (C=O) groups is 2. The topological polar surface area (TPSA) is 49.4 Å². The summed E-state index contributed by atoms with van der Waals surface area (Å²) in [5, 5.41) is 4.38. The Morgan fingerprint density at radius 1 is 1.00 bits per heavy atom. The number of amides is 2. The highest BCUT2D eigenvalue weighted by molar-refractivity contribution is 6.35. The van der Waals surface area contributed by atoms with Gasteiger partial charge >= 0.3 is 0 Å². The van der Waals surface area contributed by atoms with E-state index >= 15 is 0 Å². The minimum absolute atomic E-state index is 0.0492. The average molecular weight is 456 g/mol. The minimum Gasteiger partial charge on any atom is -0.350 e. The van der Waals surface area contributed by atoms with E-state index in [4.69, 9.17) is 34.8 Å². The van der Waals surface area contributed by atoms with E-state index in [9.17, 15) is 9.59 Å². The molecule has 0 aliphatic rings. The van der Waals surface area contributed by atoms with E-state index in [-0.39, 0.29) is 24.8 Å². The first-order valence-electron chi connectivity index (χ1n) is 9.27. The predicted octanol–water partition coefficient (Wildman–Crippen LogP) is 5.52. The molecular weight excluding hydrogens is 431 g/mol. The van der Waals surface area contributed by atoms with Gasteiger partial charge in [-0.1, -0.05) is 59.1 Å². The lowest BCUT2D eigenvalue weighted by molar-refractivity contribution is -0.140. The number of nitrogens with one attached hydrogen (secondary N) is 1. The van der Waals surface area contributed by atoms with Crippen LogP contribution in [0, 0.1) is 0 Å². The van der Waals surface area contributed by atoms with Gasteiger partial charge in [-0.3, -0.25) is 9.59 Å². The molecule has 0 aliphatic heterocycles. The van der Waals surface area contributed by atoms with Crippen molar-refractivity contribution in [2.24, 2.45) is 0 Å². The first-order valence-corrected chi connectivity index (χ1v) is 10.4. The van der Waals surface area contributed by atoms with Crippen LogP contribution in [0.15, 0.2) is 42.5 Å². The second kappa shape index (κ2) is 9.84. The van der Waals surface area contributed by atoms with E-state index in [2.05, 4.69) is 5.32 Å². The van der Waals surface area contributed by atoms with Gasteiger partial charge in [-0.05, 0) is 57.0 Å². The molecule has 0 saturated heterocycles. The van der Waals surface area contributed by atoms with Gasteiger partial charge in [0.1, 0.15) is 6.04 Å². The highest BCUT2D eigenvalue weighted by Gasteiger charge is 2.29. The van der Waals surface area contributed by atoms with Crippen molar-refractivity contribution in [3.05, 3.63) is 68.7 Å². The summed E-state index contributed by atoms with van der Waals surface area (Å²) >= 11 is 18.5. The van der Waals surface area contributed by atoms with E-state index in [0.717, 1.165) is 5.56 Å². The van der Waals surface area contributed by atoms with Gasteiger partial charge in [0.15, 0.2) is 0 Å². The zero-order valence-corrected chi connectivity index (χ0v) is 19.2. The summed E-state index contributed by atoms with van der Waals surface area (Å²) in [4.78, 5) is 27.5. The van der Waals surface area contributed by atoms with Gasteiger partial charge < -0.3 is 10.2 Å². The third-order valence-corrected chi connectivity index (χ3v) is 5.28. The maximum absolute atomic E-state index is 13.2. The average Bonchev–Trinajstić information content (AvgIpc) is 2.61. The fraction of sp³-hybridized carbons (Fsp3) is 0.364. The van der Waals surface area contributed by atoms with Crippen LogP contribution in [0.5, 0.6) is 0 Å². The van der Waals surface area contributed by atoms with Crippen LogP contribution in [0.4, 0.5) is 0 Å². The van der Waals surface area contributed by atoms with Crippen LogP contribution in [0.2, 0.25) is 15.1 Å². The van der Waals surface area contributed by atoms with Crippen molar-refractivity contribution in [1.82, 2.24) is 10.2 Å². The normalized spacial score (nSPS) is 12.4. The van der Waals surface area contributed by atoms with Gasteiger partial charge in [-0.15, -0.1) is 0 Å². The first kappa shape index (κ1) is 23.5. The van der Waals surface area contributed by atoms with Gasteiger partial charge in [-0.2, -0.15) is 0 Å². The third kappa shape index (κ3) is 6.91. The standard InChI is InChI=1S/C22H25Cl3N2O2/c1-14(21(29)26-22(2,3)4)27(13-16-7-5-6-8-18(16)24)20(28)11-15-9-10-17(23)12-19(15)25/h5-10,12,14H,11,13H2,1-4H3,(H,26,29)/t14-/m0/s1. The zero-order valence-electron chi connectivity index (χ0n) is 16.9. The molecule has 0 aromatic heterocycles. The molecule has 0 saturated carbocycles. The molecule has 0 unspecified atom stereocenters. The van der Waals surface area contributed by atoms with E-state index in [0.29, 0.717) is 20.6 Å². The van der Waals surface area contributed by atoms with E-state index < -0.39 is 11.6 Å². The second-order valence-electron chi connectivity index (χ2n) is 7.94. The molecule has 0 aliphatic carbocycles. The lowest BCUT2D eigenvalue weighted by atomic mass is 10.1. The third-order valence-electron chi connectivity index (χ3n) is 4.32. The lowest BCUT2D eigenvalue weighted by Gasteiger charge is -2.32. The summed E-state index contributed by atoms with van der Waals surface area (Å²) in [5.41, 5.74) is 0.998. The monoisotopic (exact) mass is 454 g/mol. The van der Waals surface area contributed by atoms with Crippen molar-refractivity contribution >= 4 is 46.6 Å². The highest BCUT2D eigenvalue weighted by atomic mass is 35.5.